The van der Waals surface area contributed by atoms with Gasteiger partial charge in [-0.25, -0.2) is 9.78 Å². The molecule has 37 heavy (non-hydrogen) atoms. The van der Waals surface area contributed by atoms with E-state index in [1.54, 1.807) is 34.4 Å². The van der Waals surface area contributed by atoms with Crippen molar-refractivity contribution in [2.24, 2.45) is 0 Å². The van der Waals surface area contributed by atoms with Gasteiger partial charge in [-0.1, -0.05) is 37.3 Å². The minimum atomic E-state index is -0.525. The topological polar surface area (TPSA) is 76.5 Å². The van der Waals surface area contributed by atoms with Crippen LogP contribution in [0.2, 0.25) is 0 Å². The van der Waals surface area contributed by atoms with Crippen molar-refractivity contribution in [3.63, 3.8) is 0 Å². The second-order valence-corrected chi connectivity index (χ2v) is 9.51. The van der Waals surface area contributed by atoms with Crippen LogP contribution in [0.1, 0.15) is 31.3 Å². The number of anilines is 1. The quantitative estimate of drug-likeness (QED) is 0.280. The summed E-state index contributed by atoms with van der Waals surface area (Å²) in [4.78, 5) is 35.1. The van der Waals surface area contributed by atoms with Crippen LogP contribution < -0.4 is 10.9 Å². The van der Waals surface area contributed by atoms with Crippen LogP contribution in [0.3, 0.4) is 0 Å². The molecule has 0 bridgehead atoms. The molecule has 3 aromatic carbocycles. The molecule has 0 fully saturated rings. The molecular weight excluding hydrogens is 484 g/mol. The lowest BCUT2D eigenvalue weighted by atomic mass is 10.1. The molecule has 0 saturated heterocycles. The number of benzene rings is 3. The third-order valence-electron chi connectivity index (χ3n) is 6.39. The van der Waals surface area contributed by atoms with E-state index in [2.05, 4.69) is 12.2 Å². The smallest absolute Gasteiger partial charge is 0.322 e. The van der Waals surface area contributed by atoms with Gasteiger partial charge in [-0.05, 0) is 67.6 Å². The van der Waals surface area contributed by atoms with Gasteiger partial charge in [0.25, 0.3) is 5.56 Å². The van der Waals surface area contributed by atoms with Gasteiger partial charge in [-0.3, -0.25) is 9.36 Å². The number of rotatable bonds is 9. The summed E-state index contributed by atoms with van der Waals surface area (Å²) in [6.07, 6.45) is 2.76. The summed E-state index contributed by atoms with van der Waals surface area (Å²) in [5.74, 6) is 0.494. The predicted molar refractivity (Wildman–Crippen MR) is 151 cm³/mol. The number of amides is 2. The second-order valence-electron chi connectivity index (χ2n) is 8.63. The molecule has 0 aliphatic carbocycles. The fourth-order valence-electron chi connectivity index (χ4n) is 4.36. The highest BCUT2D eigenvalue weighted by Gasteiger charge is 2.27. The van der Waals surface area contributed by atoms with Gasteiger partial charge in [0.2, 0.25) is 0 Å². The van der Waals surface area contributed by atoms with Gasteiger partial charge < -0.3 is 15.0 Å². The van der Waals surface area contributed by atoms with E-state index in [-0.39, 0.29) is 11.6 Å². The molecule has 2 amide bonds. The molecule has 4 aromatic rings. The van der Waals surface area contributed by atoms with Crippen molar-refractivity contribution in [2.45, 2.75) is 31.2 Å². The number of carbonyl (C=O) groups excluding carboxylic acids is 1. The van der Waals surface area contributed by atoms with E-state index in [1.807, 2.05) is 79.9 Å². The van der Waals surface area contributed by atoms with Gasteiger partial charge in [0.15, 0.2) is 0 Å². The van der Waals surface area contributed by atoms with Gasteiger partial charge >= 0.3 is 6.03 Å². The number of nitrogens with one attached hydrogen (secondary N) is 1. The minimum absolute atomic E-state index is 0.159. The van der Waals surface area contributed by atoms with E-state index in [4.69, 9.17) is 9.72 Å². The predicted octanol–water partition coefficient (Wildman–Crippen LogP) is 5.91. The molecule has 1 unspecified atom stereocenters. The van der Waals surface area contributed by atoms with Crippen LogP contribution in [-0.2, 0) is 11.2 Å². The lowest BCUT2D eigenvalue weighted by Gasteiger charge is -2.31. The molecule has 0 saturated carbocycles. The van der Waals surface area contributed by atoms with Gasteiger partial charge in [-0.2, -0.15) is 0 Å². The van der Waals surface area contributed by atoms with Crippen molar-refractivity contribution in [3.8, 4) is 5.69 Å². The average Bonchev–Trinajstić information content (AvgIpc) is 2.93. The number of aromatic nitrogens is 2. The molecule has 1 atom stereocenters. The Labute approximate surface area is 221 Å². The largest absolute Gasteiger partial charge is 0.383 e. The lowest BCUT2D eigenvalue weighted by molar-refractivity contribution is 0.137. The van der Waals surface area contributed by atoms with Crippen molar-refractivity contribution in [1.82, 2.24) is 14.5 Å². The number of nitrogens with zero attached hydrogens (tertiary/aromatic N) is 3. The summed E-state index contributed by atoms with van der Waals surface area (Å²) in [5, 5.41) is 3.53. The molecule has 1 aromatic heterocycles. The number of carbonyl (C=O) groups is 1. The number of hydrogen-bond acceptors (Lipinski definition) is 5. The van der Waals surface area contributed by atoms with E-state index in [1.165, 1.54) is 0 Å². The van der Waals surface area contributed by atoms with Crippen molar-refractivity contribution >= 4 is 34.4 Å². The molecule has 0 radical (unpaired) electrons. The van der Waals surface area contributed by atoms with Crippen LogP contribution in [0.5, 0.6) is 0 Å². The minimum Gasteiger partial charge on any atom is -0.383 e. The number of thioether (sulfide) groups is 1. The Hall–Kier alpha value is -3.62. The van der Waals surface area contributed by atoms with Crippen molar-refractivity contribution in [2.75, 3.05) is 31.8 Å². The molecule has 0 aliphatic rings. The molecule has 1 heterocycles. The fourth-order valence-corrected chi connectivity index (χ4v) is 4.77. The van der Waals surface area contributed by atoms with Crippen LogP contribution in [-0.4, -0.2) is 47.0 Å². The number of hydrogen-bond donors (Lipinski definition) is 1. The maximum absolute atomic E-state index is 13.9. The zero-order chi connectivity index (χ0) is 26.4. The molecule has 8 heteroatoms. The van der Waals surface area contributed by atoms with Crippen LogP contribution in [0.15, 0.2) is 82.5 Å². The molecule has 0 aliphatic heterocycles. The van der Waals surface area contributed by atoms with Gasteiger partial charge in [0.05, 0.1) is 29.2 Å². The Morgan fingerprint density at radius 1 is 1.08 bits per heavy atom. The summed E-state index contributed by atoms with van der Waals surface area (Å²) >= 11 is 1.64. The van der Waals surface area contributed by atoms with Crippen LogP contribution in [0.25, 0.3) is 16.6 Å². The van der Waals surface area contributed by atoms with Crippen LogP contribution in [0.4, 0.5) is 10.5 Å². The maximum Gasteiger partial charge on any atom is 0.322 e. The first kappa shape index (κ1) is 26.4. The first-order valence-electron chi connectivity index (χ1n) is 12.3. The Bertz CT molecular complexity index is 1440. The molecule has 7 nitrogen and oxygen atoms in total. The van der Waals surface area contributed by atoms with Gasteiger partial charge in [0, 0.05) is 24.2 Å². The van der Waals surface area contributed by atoms with Gasteiger partial charge in [-0.15, -0.1) is 11.8 Å². The Kier molecular flexibility index (Phi) is 8.63. The van der Waals surface area contributed by atoms with Crippen LogP contribution in [0, 0.1) is 0 Å². The monoisotopic (exact) mass is 516 g/mol. The highest BCUT2D eigenvalue weighted by Crippen LogP contribution is 2.26. The lowest BCUT2D eigenvalue weighted by Crippen LogP contribution is -2.41. The van der Waals surface area contributed by atoms with Crippen molar-refractivity contribution < 1.29 is 9.53 Å². The van der Waals surface area contributed by atoms with E-state index >= 15 is 0 Å². The zero-order valence-electron chi connectivity index (χ0n) is 21.6. The first-order chi connectivity index (χ1) is 18.0. The third-order valence-corrected chi connectivity index (χ3v) is 7.14. The van der Waals surface area contributed by atoms with E-state index in [9.17, 15) is 9.59 Å². The number of aryl methyl sites for hydroxylation is 1. The molecule has 1 N–H and O–H groups in total. The van der Waals surface area contributed by atoms with Crippen LogP contribution >= 0.6 is 11.8 Å². The number of ether oxygens (including phenoxy) is 1. The van der Waals surface area contributed by atoms with E-state index < -0.39 is 6.04 Å². The highest BCUT2D eigenvalue weighted by atomic mass is 32.2. The van der Waals surface area contributed by atoms with Crippen molar-refractivity contribution in [3.05, 3.63) is 94.5 Å². The number of para-hydroxylation sites is 2. The molecule has 4 rings (SSSR count). The average molecular weight is 517 g/mol. The summed E-state index contributed by atoms with van der Waals surface area (Å²) in [5.41, 5.74) is 2.93. The fraction of sp³-hybridized carbons (Fsp3) is 0.276. The van der Waals surface area contributed by atoms with E-state index in [0.29, 0.717) is 35.6 Å². The summed E-state index contributed by atoms with van der Waals surface area (Å²) in [7, 11) is 1.60. The number of methoxy groups -OCH3 is 1. The Balaban J connectivity index is 1.82. The van der Waals surface area contributed by atoms with Gasteiger partial charge in [0.1, 0.15) is 5.82 Å². The molecule has 0 spiro atoms. The second kappa shape index (κ2) is 12.1. The number of fused-ring (bicyclic) bond motifs is 1. The summed E-state index contributed by atoms with van der Waals surface area (Å²) in [6.45, 7) is 4.62. The summed E-state index contributed by atoms with van der Waals surface area (Å²) < 4.78 is 6.98. The third kappa shape index (κ3) is 5.70. The van der Waals surface area contributed by atoms with Crippen molar-refractivity contribution in [1.29, 1.82) is 0 Å². The zero-order valence-corrected chi connectivity index (χ0v) is 22.4. The standard InChI is InChI=1S/C29H32N4O3S/c1-5-21-10-6-9-13-26(21)33-27(31-25-12-8-7-11-24(25)28(33)34)20(2)32(18-19-36-3)29(35)30-22-14-16-23(37-4)17-15-22/h6-17,20H,5,18-19H2,1-4H3,(H,30,35). The summed E-state index contributed by atoms with van der Waals surface area (Å²) in [6, 6.07) is 22.0. The SMILES string of the molecule is CCc1ccccc1-n1c(C(C)N(CCOC)C(=O)Nc2ccc(SC)cc2)nc2ccccc2c1=O. The Morgan fingerprint density at radius 2 is 1.78 bits per heavy atom. The first-order valence-corrected chi connectivity index (χ1v) is 13.5. The Morgan fingerprint density at radius 3 is 2.49 bits per heavy atom. The van der Waals surface area contributed by atoms with E-state index in [0.717, 1.165) is 22.6 Å². The maximum atomic E-state index is 13.9. The molecular formula is C29H32N4O3S. The molecule has 192 valence electrons. The highest BCUT2D eigenvalue weighted by molar-refractivity contribution is 7.98. The number of urea groups is 1. The normalized spacial score (nSPS) is 11.9.